The average molecular weight is 375 g/mol. The lowest BCUT2D eigenvalue weighted by atomic mass is 9.78. The number of piperidine rings is 1. The summed E-state index contributed by atoms with van der Waals surface area (Å²) >= 11 is 3.56. The van der Waals surface area contributed by atoms with Crippen molar-refractivity contribution in [3.05, 3.63) is 58.6 Å². The van der Waals surface area contributed by atoms with Gasteiger partial charge in [0.1, 0.15) is 0 Å². The normalized spacial score (nSPS) is 27.5. The third-order valence-corrected chi connectivity index (χ3v) is 6.31. The highest BCUT2D eigenvalue weighted by Crippen LogP contribution is 2.40. The molecule has 0 bridgehead atoms. The van der Waals surface area contributed by atoms with Gasteiger partial charge in [-0.15, -0.1) is 0 Å². The number of benzene rings is 1. The maximum atomic E-state index is 3.56. The van der Waals surface area contributed by atoms with Gasteiger partial charge < -0.3 is 0 Å². The van der Waals surface area contributed by atoms with Crippen molar-refractivity contribution in [3.8, 4) is 0 Å². The standard InChI is InChI=1S/C20H27BrN2/c1-19(11-5-4-6-12-19)23-15-13-20(14-16-23,22(2)3)17-7-9-18(21)10-8-17/h4-11H,12-16H2,1-3H3. The minimum absolute atomic E-state index is 0.155. The molecule has 1 fully saturated rings. The molecule has 1 aromatic carbocycles. The van der Waals surface area contributed by atoms with Gasteiger partial charge in [0.15, 0.2) is 0 Å². The maximum absolute atomic E-state index is 3.56. The van der Waals surface area contributed by atoms with E-state index in [4.69, 9.17) is 0 Å². The van der Waals surface area contributed by atoms with Gasteiger partial charge >= 0.3 is 0 Å². The summed E-state index contributed by atoms with van der Waals surface area (Å²) in [5, 5.41) is 0. The summed E-state index contributed by atoms with van der Waals surface area (Å²) in [7, 11) is 4.45. The summed E-state index contributed by atoms with van der Waals surface area (Å²) in [5.74, 6) is 0. The van der Waals surface area contributed by atoms with E-state index in [2.05, 4.69) is 95.3 Å². The van der Waals surface area contributed by atoms with Gasteiger partial charge in [-0.2, -0.15) is 0 Å². The second-order valence-corrected chi connectivity index (χ2v) is 8.18. The Bertz CT molecular complexity index is 595. The van der Waals surface area contributed by atoms with E-state index in [0.717, 1.165) is 24.0 Å². The molecule has 0 spiro atoms. The Morgan fingerprint density at radius 1 is 1.04 bits per heavy atom. The average Bonchev–Trinajstić information content (AvgIpc) is 2.56. The van der Waals surface area contributed by atoms with E-state index in [-0.39, 0.29) is 11.1 Å². The van der Waals surface area contributed by atoms with Gasteiger partial charge in [0.2, 0.25) is 0 Å². The Hall–Kier alpha value is -0.900. The van der Waals surface area contributed by atoms with Crippen molar-refractivity contribution >= 4 is 15.9 Å². The molecular weight excluding hydrogens is 348 g/mol. The number of likely N-dealkylation sites (tertiary alicyclic amines) is 1. The first-order valence-corrected chi connectivity index (χ1v) is 9.29. The number of nitrogens with zero attached hydrogens (tertiary/aromatic N) is 2. The second kappa shape index (κ2) is 6.54. The SMILES string of the molecule is CN(C)C1(c2ccc(Br)cc2)CCN(C2(C)C=CC=CC2)CC1. The summed E-state index contributed by atoms with van der Waals surface area (Å²) in [6, 6.07) is 8.90. The molecule has 1 atom stereocenters. The molecule has 0 radical (unpaired) electrons. The molecule has 2 aliphatic rings. The summed E-state index contributed by atoms with van der Waals surface area (Å²) in [4.78, 5) is 5.08. The van der Waals surface area contributed by atoms with Crippen LogP contribution in [0.15, 0.2) is 53.0 Å². The van der Waals surface area contributed by atoms with Crippen LogP contribution in [0.4, 0.5) is 0 Å². The highest BCUT2D eigenvalue weighted by atomic mass is 79.9. The van der Waals surface area contributed by atoms with Gasteiger partial charge in [0.05, 0.1) is 0 Å². The van der Waals surface area contributed by atoms with Crippen LogP contribution in [-0.4, -0.2) is 42.5 Å². The first kappa shape index (κ1) is 16.9. The van der Waals surface area contributed by atoms with Crippen LogP contribution in [0.2, 0.25) is 0 Å². The molecule has 2 nitrogen and oxygen atoms in total. The fourth-order valence-corrected chi connectivity index (χ4v) is 4.36. The van der Waals surface area contributed by atoms with Crippen molar-refractivity contribution in [1.29, 1.82) is 0 Å². The minimum atomic E-state index is 0.155. The van der Waals surface area contributed by atoms with Crippen LogP contribution in [0, 0.1) is 0 Å². The third kappa shape index (κ3) is 3.19. The van der Waals surface area contributed by atoms with E-state index in [1.54, 1.807) is 0 Å². The van der Waals surface area contributed by atoms with Crippen molar-refractivity contribution in [2.24, 2.45) is 0 Å². The van der Waals surface area contributed by atoms with Crippen LogP contribution in [0.25, 0.3) is 0 Å². The van der Waals surface area contributed by atoms with Crippen LogP contribution >= 0.6 is 15.9 Å². The van der Waals surface area contributed by atoms with Gasteiger partial charge in [0, 0.05) is 28.6 Å². The highest BCUT2D eigenvalue weighted by Gasteiger charge is 2.41. The van der Waals surface area contributed by atoms with Gasteiger partial charge in [0.25, 0.3) is 0 Å². The quantitative estimate of drug-likeness (QED) is 0.763. The fourth-order valence-electron chi connectivity index (χ4n) is 4.09. The van der Waals surface area contributed by atoms with Crippen LogP contribution in [0.1, 0.15) is 31.7 Å². The lowest BCUT2D eigenvalue weighted by Gasteiger charge is -2.51. The van der Waals surface area contributed by atoms with Crippen LogP contribution in [-0.2, 0) is 5.54 Å². The Labute approximate surface area is 149 Å². The minimum Gasteiger partial charge on any atom is -0.300 e. The van der Waals surface area contributed by atoms with E-state index in [1.807, 2.05) is 0 Å². The van der Waals surface area contributed by atoms with Crippen LogP contribution in [0.3, 0.4) is 0 Å². The molecule has 0 N–H and O–H groups in total. The molecule has 3 heteroatoms. The van der Waals surface area contributed by atoms with Crippen molar-refractivity contribution in [1.82, 2.24) is 9.80 Å². The summed E-state index contributed by atoms with van der Waals surface area (Å²) in [6.07, 6.45) is 12.5. The Morgan fingerprint density at radius 3 is 2.22 bits per heavy atom. The van der Waals surface area contributed by atoms with Gasteiger partial charge in [-0.1, -0.05) is 52.4 Å². The summed E-state index contributed by atoms with van der Waals surface area (Å²) in [6.45, 7) is 4.65. The molecule has 0 saturated carbocycles. The van der Waals surface area contributed by atoms with Crippen molar-refractivity contribution in [2.45, 2.75) is 37.3 Å². The smallest absolute Gasteiger partial charge is 0.0479 e. The van der Waals surface area contributed by atoms with Crippen molar-refractivity contribution in [2.75, 3.05) is 27.2 Å². The molecule has 1 aliphatic heterocycles. The van der Waals surface area contributed by atoms with Crippen LogP contribution < -0.4 is 0 Å². The summed E-state index contributed by atoms with van der Waals surface area (Å²) < 4.78 is 1.15. The molecule has 1 aliphatic carbocycles. The van der Waals surface area contributed by atoms with Crippen LogP contribution in [0.5, 0.6) is 0 Å². The Morgan fingerprint density at radius 2 is 1.70 bits per heavy atom. The van der Waals surface area contributed by atoms with E-state index in [9.17, 15) is 0 Å². The first-order chi connectivity index (χ1) is 11.0. The van der Waals surface area contributed by atoms with E-state index in [0.29, 0.717) is 0 Å². The fraction of sp³-hybridized carbons (Fsp3) is 0.500. The van der Waals surface area contributed by atoms with E-state index >= 15 is 0 Å². The molecular formula is C20H27BrN2. The molecule has 23 heavy (non-hydrogen) atoms. The number of halogens is 1. The molecule has 1 heterocycles. The second-order valence-electron chi connectivity index (χ2n) is 7.27. The Kier molecular flexibility index (Phi) is 4.82. The summed E-state index contributed by atoms with van der Waals surface area (Å²) in [5.41, 5.74) is 1.78. The van der Waals surface area contributed by atoms with Crippen molar-refractivity contribution in [3.63, 3.8) is 0 Å². The largest absolute Gasteiger partial charge is 0.300 e. The van der Waals surface area contributed by atoms with E-state index in [1.165, 1.54) is 18.4 Å². The zero-order valence-corrected chi connectivity index (χ0v) is 16.0. The molecule has 124 valence electrons. The first-order valence-electron chi connectivity index (χ1n) is 8.49. The van der Waals surface area contributed by atoms with E-state index < -0.39 is 0 Å². The van der Waals surface area contributed by atoms with Gasteiger partial charge in [-0.25, -0.2) is 0 Å². The monoisotopic (exact) mass is 374 g/mol. The number of rotatable bonds is 3. The number of hydrogen-bond donors (Lipinski definition) is 0. The van der Waals surface area contributed by atoms with Crippen molar-refractivity contribution < 1.29 is 0 Å². The maximum Gasteiger partial charge on any atom is 0.0479 e. The molecule has 1 aromatic rings. The molecule has 0 amide bonds. The molecule has 1 unspecified atom stereocenters. The van der Waals surface area contributed by atoms with Gasteiger partial charge in [-0.05, 0) is 58.0 Å². The lowest BCUT2D eigenvalue weighted by molar-refractivity contribution is 0.0187. The molecule has 3 rings (SSSR count). The zero-order chi connectivity index (χ0) is 16.5. The topological polar surface area (TPSA) is 6.48 Å². The van der Waals surface area contributed by atoms with Gasteiger partial charge in [-0.3, -0.25) is 9.80 Å². The lowest BCUT2D eigenvalue weighted by Crippen LogP contribution is -2.56. The molecule has 1 saturated heterocycles. The highest BCUT2D eigenvalue weighted by molar-refractivity contribution is 9.10. The molecule has 0 aromatic heterocycles. The number of allylic oxidation sites excluding steroid dienone is 2. The third-order valence-electron chi connectivity index (χ3n) is 5.78. The number of hydrogen-bond acceptors (Lipinski definition) is 2. The zero-order valence-electron chi connectivity index (χ0n) is 14.4. The predicted octanol–water partition coefficient (Wildman–Crippen LogP) is 4.58. The predicted molar refractivity (Wildman–Crippen MR) is 102 cm³/mol. The Balaban J connectivity index is 1.80.